The number of alkyl halides is 3. The molecular formula is C11H14F3NO4. The van der Waals surface area contributed by atoms with Crippen LogP contribution in [0.3, 0.4) is 0 Å². The van der Waals surface area contributed by atoms with Crippen LogP contribution in [0.15, 0.2) is 16.5 Å². The van der Waals surface area contributed by atoms with Gasteiger partial charge in [-0.25, -0.2) is 4.79 Å². The van der Waals surface area contributed by atoms with Gasteiger partial charge in [-0.1, -0.05) is 0 Å². The van der Waals surface area contributed by atoms with Gasteiger partial charge in [0, 0.05) is 6.61 Å². The molecule has 0 amide bonds. The maximum atomic E-state index is 11.8. The first-order valence-corrected chi connectivity index (χ1v) is 5.41. The first kappa shape index (κ1) is 15.5. The fourth-order valence-electron chi connectivity index (χ4n) is 1.30. The maximum absolute atomic E-state index is 11.8. The van der Waals surface area contributed by atoms with E-state index in [9.17, 15) is 18.0 Å². The van der Waals surface area contributed by atoms with Gasteiger partial charge in [0.05, 0.1) is 13.2 Å². The van der Waals surface area contributed by atoms with Crippen molar-refractivity contribution in [2.45, 2.75) is 18.6 Å². The lowest BCUT2D eigenvalue weighted by atomic mass is 10.2. The minimum atomic E-state index is -4.35. The number of hydrogen-bond donors (Lipinski definition) is 1. The average molecular weight is 281 g/mol. The number of rotatable bonds is 6. The Kier molecular flexibility index (Phi) is 5.37. The lowest BCUT2D eigenvalue weighted by Gasteiger charge is -2.10. The Morgan fingerprint density at radius 3 is 2.74 bits per heavy atom. The van der Waals surface area contributed by atoms with Crippen LogP contribution in [0.4, 0.5) is 13.2 Å². The molecule has 1 heterocycles. The predicted molar refractivity (Wildman–Crippen MR) is 58.5 cm³/mol. The SMILES string of the molecule is COC(=O)c1ccc(C(N)CCOCC(F)(F)F)o1. The van der Waals surface area contributed by atoms with Crippen molar-refractivity contribution in [1.82, 2.24) is 0 Å². The highest BCUT2D eigenvalue weighted by Crippen LogP contribution is 2.19. The van der Waals surface area contributed by atoms with Crippen LogP contribution in [0, 0.1) is 0 Å². The van der Waals surface area contributed by atoms with E-state index in [4.69, 9.17) is 10.2 Å². The summed E-state index contributed by atoms with van der Waals surface area (Å²) in [6.07, 6.45) is -4.21. The summed E-state index contributed by atoms with van der Waals surface area (Å²) in [5.74, 6) is -0.369. The molecule has 0 aliphatic heterocycles. The van der Waals surface area contributed by atoms with Crippen LogP contribution >= 0.6 is 0 Å². The monoisotopic (exact) mass is 281 g/mol. The fraction of sp³-hybridized carbons (Fsp3) is 0.545. The molecule has 5 nitrogen and oxygen atoms in total. The number of esters is 1. The first-order chi connectivity index (χ1) is 8.83. The molecule has 1 unspecified atom stereocenters. The molecule has 0 spiro atoms. The van der Waals surface area contributed by atoms with Crippen LogP contribution in [0.1, 0.15) is 28.8 Å². The Bertz CT molecular complexity index is 416. The summed E-state index contributed by atoms with van der Waals surface area (Å²) in [7, 11) is 1.20. The van der Waals surface area contributed by atoms with E-state index in [0.29, 0.717) is 0 Å². The molecule has 1 atom stereocenters. The second-order valence-electron chi connectivity index (χ2n) is 3.76. The van der Waals surface area contributed by atoms with Crippen molar-refractivity contribution in [2.24, 2.45) is 5.73 Å². The quantitative estimate of drug-likeness (QED) is 0.638. The average Bonchev–Trinajstić information content (AvgIpc) is 2.81. The van der Waals surface area contributed by atoms with Crippen molar-refractivity contribution in [2.75, 3.05) is 20.3 Å². The van der Waals surface area contributed by atoms with E-state index in [1.54, 1.807) is 0 Å². The second-order valence-corrected chi connectivity index (χ2v) is 3.76. The maximum Gasteiger partial charge on any atom is 0.411 e. The lowest BCUT2D eigenvalue weighted by Crippen LogP contribution is -2.19. The molecule has 2 N–H and O–H groups in total. The molecule has 0 fully saturated rings. The summed E-state index contributed by atoms with van der Waals surface area (Å²) in [5, 5.41) is 0. The third-order valence-corrected chi connectivity index (χ3v) is 2.22. The highest BCUT2D eigenvalue weighted by Gasteiger charge is 2.27. The largest absolute Gasteiger partial charge is 0.463 e. The number of hydrogen-bond acceptors (Lipinski definition) is 5. The van der Waals surface area contributed by atoms with Gasteiger partial charge in [-0.3, -0.25) is 0 Å². The van der Waals surface area contributed by atoms with Gasteiger partial charge in [-0.2, -0.15) is 13.2 Å². The summed E-state index contributed by atoms with van der Waals surface area (Å²) in [4.78, 5) is 11.1. The van der Waals surface area contributed by atoms with Gasteiger partial charge >= 0.3 is 12.1 Å². The molecule has 1 aromatic heterocycles. The van der Waals surface area contributed by atoms with Gasteiger partial charge in [-0.05, 0) is 18.6 Å². The highest BCUT2D eigenvalue weighted by molar-refractivity contribution is 5.86. The summed E-state index contributed by atoms with van der Waals surface area (Å²) in [6.45, 7) is -1.47. The van der Waals surface area contributed by atoms with E-state index >= 15 is 0 Å². The molecule has 108 valence electrons. The zero-order valence-corrected chi connectivity index (χ0v) is 10.2. The molecule has 0 radical (unpaired) electrons. The Balaban J connectivity index is 2.39. The topological polar surface area (TPSA) is 74.7 Å². The van der Waals surface area contributed by atoms with Crippen LogP contribution in [0.25, 0.3) is 0 Å². The van der Waals surface area contributed by atoms with E-state index in [1.165, 1.54) is 19.2 Å². The van der Waals surface area contributed by atoms with Crippen LogP contribution in [-0.2, 0) is 9.47 Å². The summed E-state index contributed by atoms with van der Waals surface area (Å²) in [5.41, 5.74) is 5.69. The summed E-state index contributed by atoms with van der Waals surface area (Å²) < 4.78 is 49.4. The molecule has 0 saturated carbocycles. The Morgan fingerprint density at radius 2 is 2.16 bits per heavy atom. The number of nitrogens with two attached hydrogens (primary N) is 1. The first-order valence-electron chi connectivity index (χ1n) is 5.41. The Hall–Kier alpha value is -1.54. The lowest BCUT2D eigenvalue weighted by molar-refractivity contribution is -0.174. The van der Waals surface area contributed by atoms with Crippen molar-refractivity contribution >= 4 is 5.97 Å². The molecule has 1 aromatic rings. The van der Waals surface area contributed by atoms with Crippen LogP contribution in [0.5, 0.6) is 0 Å². The van der Waals surface area contributed by atoms with Gasteiger partial charge in [0.2, 0.25) is 5.76 Å². The molecule has 0 bridgehead atoms. The van der Waals surface area contributed by atoms with Gasteiger partial charge in [0.25, 0.3) is 0 Å². The van der Waals surface area contributed by atoms with Crippen molar-refractivity contribution in [3.05, 3.63) is 23.7 Å². The molecule has 8 heteroatoms. The zero-order valence-electron chi connectivity index (χ0n) is 10.2. The van der Waals surface area contributed by atoms with Crippen molar-refractivity contribution in [3.8, 4) is 0 Å². The van der Waals surface area contributed by atoms with Crippen molar-refractivity contribution < 1.29 is 31.9 Å². The number of carbonyl (C=O) groups excluding carboxylic acids is 1. The Morgan fingerprint density at radius 1 is 1.47 bits per heavy atom. The summed E-state index contributed by atoms with van der Waals surface area (Å²) in [6, 6.07) is 2.21. The van der Waals surface area contributed by atoms with Gasteiger partial charge in [0.15, 0.2) is 0 Å². The van der Waals surface area contributed by atoms with Crippen molar-refractivity contribution in [1.29, 1.82) is 0 Å². The number of furan rings is 1. The normalized spacial score (nSPS) is 13.3. The number of carbonyl (C=O) groups is 1. The van der Waals surface area contributed by atoms with E-state index in [2.05, 4.69) is 9.47 Å². The van der Waals surface area contributed by atoms with E-state index in [-0.39, 0.29) is 24.5 Å². The molecular weight excluding hydrogens is 267 g/mol. The van der Waals surface area contributed by atoms with Crippen LogP contribution in [-0.4, -0.2) is 32.5 Å². The fourth-order valence-corrected chi connectivity index (χ4v) is 1.30. The number of methoxy groups -OCH3 is 1. The minimum absolute atomic E-state index is 0.0100. The minimum Gasteiger partial charge on any atom is -0.463 e. The molecule has 0 aliphatic carbocycles. The smallest absolute Gasteiger partial charge is 0.411 e. The molecule has 19 heavy (non-hydrogen) atoms. The molecule has 0 aromatic carbocycles. The zero-order chi connectivity index (χ0) is 14.5. The predicted octanol–water partition coefficient (Wildman–Crippen LogP) is 2.04. The van der Waals surface area contributed by atoms with E-state index in [1.807, 2.05) is 0 Å². The van der Waals surface area contributed by atoms with E-state index in [0.717, 1.165) is 0 Å². The number of halogens is 3. The van der Waals surface area contributed by atoms with Gasteiger partial charge in [-0.15, -0.1) is 0 Å². The Labute approximate surface area is 107 Å². The third-order valence-electron chi connectivity index (χ3n) is 2.22. The third kappa shape index (κ3) is 5.31. The molecule has 0 saturated heterocycles. The summed E-state index contributed by atoms with van der Waals surface area (Å²) >= 11 is 0. The van der Waals surface area contributed by atoms with Gasteiger partial charge < -0.3 is 19.6 Å². The molecule has 1 rings (SSSR count). The van der Waals surface area contributed by atoms with E-state index < -0.39 is 24.8 Å². The molecule has 0 aliphatic rings. The second kappa shape index (κ2) is 6.58. The number of ether oxygens (including phenoxy) is 2. The van der Waals surface area contributed by atoms with Crippen LogP contribution in [0.2, 0.25) is 0 Å². The van der Waals surface area contributed by atoms with Gasteiger partial charge in [0.1, 0.15) is 12.4 Å². The highest BCUT2D eigenvalue weighted by atomic mass is 19.4. The van der Waals surface area contributed by atoms with Crippen LogP contribution < -0.4 is 5.73 Å². The standard InChI is InChI=1S/C11H14F3NO4/c1-17-10(16)9-3-2-8(19-9)7(15)4-5-18-6-11(12,13)14/h2-3,7H,4-6,15H2,1H3. The van der Waals surface area contributed by atoms with Crippen molar-refractivity contribution in [3.63, 3.8) is 0 Å².